The smallest absolute Gasteiger partial charge is 0.321 e. The lowest BCUT2D eigenvalue weighted by Crippen LogP contribution is -2.33. The maximum absolute atomic E-state index is 12.3. The summed E-state index contributed by atoms with van der Waals surface area (Å²) in [5.41, 5.74) is 1.93. The van der Waals surface area contributed by atoms with Crippen molar-refractivity contribution < 1.29 is 4.79 Å². The molecule has 6 nitrogen and oxygen atoms in total. The van der Waals surface area contributed by atoms with E-state index in [1.54, 1.807) is 0 Å². The molecule has 0 unspecified atom stereocenters. The van der Waals surface area contributed by atoms with E-state index in [4.69, 9.17) is 0 Å². The Labute approximate surface area is 129 Å². The third-order valence-electron chi connectivity index (χ3n) is 4.37. The van der Waals surface area contributed by atoms with Crippen molar-refractivity contribution in [2.75, 3.05) is 18.4 Å². The number of amides is 2. The first-order chi connectivity index (χ1) is 10.8. The molecule has 1 aliphatic carbocycles. The third-order valence-corrected chi connectivity index (χ3v) is 4.37. The van der Waals surface area contributed by atoms with Gasteiger partial charge in [-0.3, -0.25) is 0 Å². The summed E-state index contributed by atoms with van der Waals surface area (Å²) >= 11 is 0. The fourth-order valence-electron chi connectivity index (χ4n) is 2.90. The Bertz CT molecular complexity index is 664. The van der Waals surface area contributed by atoms with E-state index in [2.05, 4.69) is 21.8 Å². The van der Waals surface area contributed by atoms with Crippen LogP contribution in [0, 0.1) is 0 Å². The minimum Gasteiger partial charge on any atom is -0.322 e. The molecule has 1 atom stereocenters. The highest BCUT2D eigenvalue weighted by Crippen LogP contribution is 2.39. The zero-order valence-electron chi connectivity index (χ0n) is 12.4. The van der Waals surface area contributed by atoms with E-state index in [0.29, 0.717) is 12.5 Å². The molecule has 0 spiro atoms. The maximum Gasteiger partial charge on any atom is 0.321 e. The van der Waals surface area contributed by atoms with Crippen LogP contribution >= 0.6 is 0 Å². The van der Waals surface area contributed by atoms with E-state index in [1.165, 1.54) is 12.8 Å². The lowest BCUT2D eigenvalue weighted by Gasteiger charge is -2.17. The number of nitrogens with one attached hydrogen (secondary N) is 1. The summed E-state index contributed by atoms with van der Waals surface area (Å²) in [7, 11) is 0. The molecule has 1 N–H and O–H groups in total. The van der Waals surface area contributed by atoms with Gasteiger partial charge in [0.05, 0.1) is 11.7 Å². The van der Waals surface area contributed by atoms with E-state index in [-0.39, 0.29) is 12.1 Å². The first-order valence-electron chi connectivity index (χ1n) is 7.82. The van der Waals surface area contributed by atoms with Crippen LogP contribution in [0.1, 0.15) is 36.9 Å². The zero-order chi connectivity index (χ0) is 14.9. The van der Waals surface area contributed by atoms with Gasteiger partial charge in [-0.05, 0) is 31.4 Å². The topological polar surface area (TPSA) is 63.1 Å². The summed E-state index contributed by atoms with van der Waals surface area (Å²) in [5, 5.41) is 11.4. The molecule has 1 aromatic heterocycles. The number of anilines is 1. The molecule has 1 aliphatic heterocycles. The van der Waals surface area contributed by atoms with Crippen molar-refractivity contribution in [3.63, 3.8) is 0 Å². The van der Waals surface area contributed by atoms with E-state index < -0.39 is 0 Å². The van der Waals surface area contributed by atoms with Gasteiger partial charge in [-0.2, -0.15) is 0 Å². The Morgan fingerprint density at radius 3 is 2.77 bits per heavy atom. The molecule has 0 radical (unpaired) electrons. The number of carbonyl (C=O) groups excluding carboxylic acids is 1. The molecule has 2 aliphatic rings. The van der Waals surface area contributed by atoms with Crippen LogP contribution in [-0.2, 0) is 0 Å². The lowest BCUT2D eigenvalue weighted by molar-refractivity contribution is 0.220. The van der Waals surface area contributed by atoms with Crippen LogP contribution in [0.5, 0.6) is 0 Å². The molecule has 22 heavy (non-hydrogen) atoms. The predicted octanol–water partition coefficient (Wildman–Crippen LogP) is 2.63. The fourth-order valence-corrected chi connectivity index (χ4v) is 2.90. The van der Waals surface area contributed by atoms with Crippen LogP contribution in [0.2, 0.25) is 0 Å². The number of hydrogen-bond donors (Lipinski definition) is 1. The fraction of sp³-hybridized carbons (Fsp3) is 0.438. The number of aromatic nitrogens is 3. The SMILES string of the molecule is O=C(Nc1ccccc1)N1CC[C@H](n2cc(C3CC3)nn2)C1. The predicted molar refractivity (Wildman–Crippen MR) is 82.7 cm³/mol. The normalized spacial score (nSPS) is 21.1. The van der Waals surface area contributed by atoms with E-state index >= 15 is 0 Å². The van der Waals surface area contributed by atoms with Crippen LogP contribution in [0.15, 0.2) is 36.5 Å². The van der Waals surface area contributed by atoms with Crippen molar-refractivity contribution in [1.29, 1.82) is 0 Å². The van der Waals surface area contributed by atoms with Gasteiger partial charge in [0.1, 0.15) is 0 Å². The quantitative estimate of drug-likeness (QED) is 0.947. The van der Waals surface area contributed by atoms with E-state index in [1.807, 2.05) is 39.9 Å². The molecule has 6 heteroatoms. The number of hydrogen-bond acceptors (Lipinski definition) is 3. The molecule has 1 saturated heterocycles. The molecule has 4 rings (SSSR count). The lowest BCUT2D eigenvalue weighted by atomic mass is 10.2. The highest BCUT2D eigenvalue weighted by atomic mass is 16.2. The van der Waals surface area contributed by atoms with Crippen molar-refractivity contribution in [3.8, 4) is 0 Å². The number of benzene rings is 1. The molecule has 114 valence electrons. The van der Waals surface area contributed by atoms with Gasteiger partial charge in [0.2, 0.25) is 0 Å². The number of nitrogens with zero attached hydrogens (tertiary/aromatic N) is 4. The van der Waals surface area contributed by atoms with Crippen LogP contribution < -0.4 is 5.32 Å². The summed E-state index contributed by atoms with van der Waals surface area (Å²) in [6.07, 6.45) is 5.44. The second-order valence-corrected chi connectivity index (χ2v) is 6.08. The zero-order valence-corrected chi connectivity index (χ0v) is 12.4. The van der Waals surface area contributed by atoms with Crippen LogP contribution in [0.4, 0.5) is 10.5 Å². The highest BCUT2D eigenvalue weighted by Gasteiger charge is 2.31. The first-order valence-corrected chi connectivity index (χ1v) is 7.82. The molecule has 0 bridgehead atoms. The molecular weight excluding hydrogens is 278 g/mol. The molecule has 1 saturated carbocycles. The summed E-state index contributed by atoms with van der Waals surface area (Å²) in [4.78, 5) is 14.1. The van der Waals surface area contributed by atoms with Crippen molar-refractivity contribution in [2.24, 2.45) is 0 Å². The first kappa shape index (κ1) is 13.3. The number of rotatable bonds is 3. The highest BCUT2D eigenvalue weighted by molar-refractivity contribution is 5.89. The van der Waals surface area contributed by atoms with Crippen LogP contribution in [0.25, 0.3) is 0 Å². The Hall–Kier alpha value is -2.37. The molecule has 2 heterocycles. The summed E-state index contributed by atoms with van der Waals surface area (Å²) in [6.45, 7) is 1.44. The second-order valence-electron chi connectivity index (χ2n) is 6.08. The van der Waals surface area contributed by atoms with Gasteiger partial charge < -0.3 is 10.2 Å². The van der Waals surface area contributed by atoms with E-state index in [9.17, 15) is 4.79 Å². The van der Waals surface area contributed by atoms with E-state index in [0.717, 1.165) is 24.3 Å². The van der Waals surface area contributed by atoms with Gasteiger partial charge in [-0.25, -0.2) is 9.48 Å². The number of carbonyl (C=O) groups is 1. The number of para-hydroxylation sites is 1. The largest absolute Gasteiger partial charge is 0.322 e. The molecule has 2 aromatic rings. The maximum atomic E-state index is 12.3. The van der Waals surface area contributed by atoms with Gasteiger partial charge in [0, 0.05) is 30.9 Å². The van der Waals surface area contributed by atoms with Gasteiger partial charge >= 0.3 is 6.03 Å². The summed E-state index contributed by atoms with van der Waals surface area (Å²) in [6, 6.07) is 9.74. The second kappa shape index (κ2) is 5.44. The third kappa shape index (κ3) is 2.68. The Morgan fingerprint density at radius 2 is 2.00 bits per heavy atom. The Kier molecular flexibility index (Phi) is 3.29. The minimum atomic E-state index is -0.0452. The molecule has 2 amide bonds. The van der Waals surface area contributed by atoms with Crippen molar-refractivity contribution in [1.82, 2.24) is 19.9 Å². The van der Waals surface area contributed by atoms with Crippen molar-refractivity contribution in [3.05, 3.63) is 42.2 Å². The van der Waals surface area contributed by atoms with Crippen molar-refractivity contribution in [2.45, 2.75) is 31.2 Å². The summed E-state index contributed by atoms with van der Waals surface area (Å²) in [5.74, 6) is 0.618. The van der Waals surface area contributed by atoms with Gasteiger partial charge in [0.25, 0.3) is 0 Å². The molecular formula is C16H19N5O. The minimum absolute atomic E-state index is 0.0452. The van der Waals surface area contributed by atoms with Gasteiger partial charge in [-0.1, -0.05) is 23.4 Å². The number of likely N-dealkylation sites (tertiary alicyclic amines) is 1. The Morgan fingerprint density at radius 1 is 1.18 bits per heavy atom. The summed E-state index contributed by atoms with van der Waals surface area (Å²) < 4.78 is 1.93. The average molecular weight is 297 g/mol. The van der Waals surface area contributed by atoms with Gasteiger partial charge in [-0.15, -0.1) is 5.10 Å². The van der Waals surface area contributed by atoms with Crippen LogP contribution in [-0.4, -0.2) is 39.0 Å². The standard InChI is InChI=1S/C16H19N5O/c22-16(17-13-4-2-1-3-5-13)20-9-8-14(10-20)21-11-15(18-19-21)12-6-7-12/h1-5,11-12,14H,6-10H2,(H,17,22)/t14-/m0/s1. The van der Waals surface area contributed by atoms with Crippen LogP contribution in [0.3, 0.4) is 0 Å². The average Bonchev–Trinajstić information content (AvgIpc) is 3.08. The molecule has 1 aromatic carbocycles. The Balaban J connectivity index is 1.37. The number of urea groups is 1. The van der Waals surface area contributed by atoms with Crippen molar-refractivity contribution >= 4 is 11.7 Å². The van der Waals surface area contributed by atoms with Gasteiger partial charge in [0.15, 0.2) is 0 Å². The monoisotopic (exact) mass is 297 g/mol. The molecule has 2 fully saturated rings.